The number of benzene rings is 2. The Balaban J connectivity index is 1.71. The molecule has 0 saturated heterocycles. The molecule has 0 saturated carbocycles. The van der Waals surface area contributed by atoms with E-state index in [0.717, 1.165) is 26.6 Å². The molecule has 1 heterocycles. The van der Waals surface area contributed by atoms with Crippen molar-refractivity contribution >= 4 is 42.8 Å². The number of halogens is 1. The molecular formula is C22H26BrN3O3S. The summed E-state index contributed by atoms with van der Waals surface area (Å²) in [7, 11) is -3.44. The smallest absolute Gasteiger partial charge is 0.240 e. The molecule has 3 rings (SSSR count). The number of rotatable bonds is 8. The highest BCUT2D eigenvalue weighted by atomic mass is 79.9. The van der Waals surface area contributed by atoms with Crippen LogP contribution in [0, 0.1) is 6.92 Å². The molecular weight excluding hydrogens is 466 g/mol. The number of aromatic nitrogens is 1. The van der Waals surface area contributed by atoms with Crippen molar-refractivity contribution in [3.8, 4) is 0 Å². The van der Waals surface area contributed by atoms with Crippen molar-refractivity contribution in [3.05, 3.63) is 69.8 Å². The van der Waals surface area contributed by atoms with Crippen LogP contribution in [0.5, 0.6) is 0 Å². The minimum absolute atomic E-state index is 0.120. The third-order valence-electron chi connectivity index (χ3n) is 4.81. The molecule has 0 unspecified atom stereocenters. The Morgan fingerprint density at radius 3 is 2.40 bits per heavy atom. The summed E-state index contributed by atoms with van der Waals surface area (Å²) in [6, 6.07) is 15.0. The van der Waals surface area contributed by atoms with Gasteiger partial charge in [-0.2, -0.15) is 0 Å². The molecule has 1 aromatic heterocycles. The zero-order valence-electron chi connectivity index (χ0n) is 17.3. The highest BCUT2D eigenvalue weighted by Gasteiger charge is 2.17. The number of sulfonamides is 1. The third kappa shape index (κ3) is 5.30. The van der Waals surface area contributed by atoms with Crippen LogP contribution < -0.4 is 10.0 Å². The van der Waals surface area contributed by atoms with Crippen LogP contribution in [-0.2, 0) is 33.7 Å². The normalized spacial score (nSPS) is 11.9. The van der Waals surface area contributed by atoms with Crippen LogP contribution in [0.15, 0.2) is 53.0 Å². The van der Waals surface area contributed by atoms with E-state index < -0.39 is 10.0 Å². The molecule has 0 aliphatic carbocycles. The molecule has 0 bridgehead atoms. The zero-order chi connectivity index (χ0) is 21.9. The lowest BCUT2D eigenvalue weighted by atomic mass is 10.1. The van der Waals surface area contributed by atoms with Crippen molar-refractivity contribution in [2.75, 3.05) is 0 Å². The van der Waals surface area contributed by atoms with E-state index in [4.69, 9.17) is 0 Å². The highest BCUT2D eigenvalue weighted by Crippen LogP contribution is 2.30. The first-order valence-electron chi connectivity index (χ1n) is 9.74. The summed E-state index contributed by atoms with van der Waals surface area (Å²) in [5.74, 6) is -0.254. The van der Waals surface area contributed by atoms with Gasteiger partial charge in [0.15, 0.2) is 0 Å². The number of fused-ring (bicyclic) bond motifs is 1. The van der Waals surface area contributed by atoms with Crippen LogP contribution in [-0.4, -0.2) is 24.9 Å². The minimum Gasteiger partial charge on any atom is -0.350 e. The van der Waals surface area contributed by atoms with E-state index in [9.17, 15) is 13.2 Å². The molecule has 3 aromatic rings. The van der Waals surface area contributed by atoms with Gasteiger partial charge in [0.05, 0.1) is 5.75 Å². The van der Waals surface area contributed by atoms with Gasteiger partial charge in [0.25, 0.3) is 0 Å². The molecule has 0 fully saturated rings. The molecule has 0 spiro atoms. The Morgan fingerprint density at radius 2 is 1.70 bits per heavy atom. The number of nitrogens with zero attached hydrogens (tertiary/aromatic N) is 1. The van der Waals surface area contributed by atoms with Gasteiger partial charge in [-0.15, -0.1) is 0 Å². The van der Waals surface area contributed by atoms with Gasteiger partial charge in [0.2, 0.25) is 15.9 Å². The predicted octanol–water partition coefficient (Wildman–Crippen LogP) is 3.86. The second-order valence-corrected chi connectivity index (χ2v) is 10.1. The Kier molecular flexibility index (Phi) is 7.00. The number of hydrogen-bond donors (Lipinski definition) is 2. The van der Waals surface area contributed by atoms with E-state index in [2.05, 4.69) is 26.0 Å². The van der Waals surface area contributed by atoms with Crippen molar-refractivity contribution < 1.29 is 13.2 Å². The molecule has 0 radical (unpaired) electrons. The van der Waals surface area contributed by atoms with Gasteiger partial charge in [-0.25, -0.2) is 13.1 Å². The Bertz CT molecular complexity index is 1170. The summed E-state index contributed by atoms with van der Waals surface area (Å²) in [5.41, 5.74) is 3.44. The van der Waals surface area contributed by atoms with Crippen LogP contribution in [0.3, 0.4) is 0 Å². The fraction of sp³-hybridized carbons (Fsp3) is 0.318. The van der Waals surface area contributed by atoms with Crippen molar-refractivity contribution in [2.45, 2.75) is 45.7 Å². The molecule has 0 aliphatic heterocycles. The first-order chi connectivity index (χ1) is 14.2. The summed E-state index contributed by atoms with van der Waals surface area (Å²) in [4.78, 5) is 12.7. The number of carbonyl (C=O) groups excluding carboxylic acids is 1. The average molecular weight is 492 g/mol. The van der Waals surface area contributed by atoms with E-state index in [1.807, 2.05) is 47.9 Å². The summed E-state index contributed by atoms with van der Waals surface area (Å²) in [5, 5.41) is 3.99. The van der Waals surface area contributed by atoms with Crippen molar-refractivity contribution in [1.82, 2.24) is 14.6 Å². The average Bonchev–Trinajstić information content (AvgIpc) is 2.91. The van der Waals surface area contributed by atoms with Gasteiger partial charge in [0.1, 0.15) is 6.54 Å². The van der Waals surface area contributed by atoms with Gasteiger partial charge in [-0.05, 0) is 53.9 Å². The maximum absolute atomic E-state index is 12.7. The first-order valence-corrected chi connectivity index (χ1v) is 12.2. The Labute approximate surface area is 185 Å². The van der Waals surface area contributed by atoms with E-state index >= 15 is 0 Å². The number of carbonyl (C=O) groups is 1. The van der Waals surface area contributed by atoms with E-state index in [0.29, 0.717) is 5.56 Å². The fourth-order valence-electron chi connectivity index (χ4n) is 3.46. The number of amides is 1. The van der Waals surface area contributed by atoms with Crippen LogP contribution in [0.2, 0.25) is 0 Å². The lowest BCUT2D eigenvalue weighted by Gasteiger charge is -2.14. The lowest BCUT2D eigenvalue weighted by molar-refractivity contribution is -0.121. The van der Waals surface area contributed by atoms with Crippen molar-refractivity contribution in [3.63, 3.8) is 0 Å². The molecule has 8 heteroatoms. The summed E-state index contributed by atoms with van der Waals surface area (Å²) < 4.78 is 30.2. The standard InChI is InChI=1S/C22H26BrN3O3S/c1-15(2)25-30(28,29)14-18-9-5-4-8-17(18)12-24-21(27)13-26-16(3)22(23)19-10-6-7-11-20(19)26/h4-11,15,25H,12-14H2,1-3H3,(H,24,27). The molecule has 0 atom stereocenters. The zero-order valence-corrected chi connectivity index (χ0v) is 19.7. The third-order valence-corrected chi connectivity index (χ3v) is 7.33. The quantitative estimate of drug-likeness (QED) is 0.501. The minimum atomic E-state index is -3.44. The molecule has 30 heavy (non-hydrogen) atoms. The molecule has 1 amide bonds. The van der Waals surface area contributed by atoms with Crippen LogP contribution >= 0.6 is 15.9 Å². The van der Waals surface area contributed by atoms with Crippen LogP contribution in [0.1, 0.15) is 30.7 Å². The van der Waals surface area contributed by atoms with Crippen molar-refractivity contribution in [1.29, 1.82) is 0 Å². The van der Waals surface area contributed by atoms with Gasteiger partial charge in [-0.1, -0.05) is 42.5 Å². The molecule has 2 aromatic carbocycles. The van der Waals surface area contributed by atoms with Crippen molar-refractivity contribution in [2.24, 2.45) is 0 Å². The largest absolute Gasteiger partial charge is 0.350 e. The Morgan fingerprint density at radius 1 is 1.07 bits per heavy atom. The molecule has 6 nitrogen and oxygen atoms in total. The second kappa shape index (κ2) is 9.32. The van der Waals surface area contributed by atoms with Gasteiger partial charge in [0, 0.05) is 33.7 Å². The lowest BCUT2D eigenvalue weighted by Crippen LogP contribution is -2.32. The maximum Gasteiger partial charge on any atom is 0.240 e. The van der Waals surface area contributed by atoms with Crippen LogP contribution in [0.25, 0.3) is 10.9 Å². The number of nitrogens with one attached hydrogen (secondary N) is 2. The highest BCUT2D eigenvalue weighted by molar-refractivity contribution is 9.10. The van der Waals surface area contributed by atoms with Crippen LogP contribution in [0.4, 0.5) is 0 Å². The molecule has 2 N–H and O–H groups in total. The first kappa shape index (κ1) is 22.5. The number of hydrogen-bond acceptors (Lipinski definition) is 3. The maximum atomic E-state index is 12.7. The van der Waals surface area contributed by atoms with E-state index in [-0.39, 0.29) is 30.8 Å². The summed E-state index contributed by atoms with van der Waals surface area (Å²) in [6.07, 6.45) is 0. The van der Waals surface area contributed by atoms with Gasteiger partial charge >= 0.3 is 0 Å². The Hall–Kier alpha value is -2.16. The SMILES string of the molecule is Cc1c(Br)c2ccccc2n1CC(=O)NCc1ccccc1CS(=O)(=O)NC(C)C. The molecule has 0 aliphatic rings. The van der Waals surface area contributed by atoms with E-state index in [1.165, 1.54) is 0 Å². The number of para-hydroxylation sites is 1. The van der Waals surface area contributed by atoms with Gasteiger partial charge in [-0.3, -0.25) is 4.79 Å². The predicted molar refractivity (Wildman–Crippen MR) is 124 cm³/mol. The van der Waals surface area contributed by atoms with E-state index in [1.54, 1.807) is 26.0 Å². The van der Waals surface area contributed by atoms with Gasteiger partial charge < -0.3 is 9.88 Å². The monoisotopic (exact) mass is 491 g/mol. The summed E-state index contributed by atoms with van der Waals surface area (Å²) in [6.45, 7) is 6.00. The fourth-order valence-corrected chi connectivity index (χ4v) is 5.50. The topological polar surface area (TPSA) is 80.2 Å². The molecule has 160 valence electrons. The second-order valence-electron chi connectivity index (χ2n) is 7.58. The summed E-state index contributed by atoms with van der Waals surface area (Å²) >= 11 is 3.61.